The largest absolute Gasteiger partial charge is 1.00 e. The molecule has 2 atom stereocenters. The van der Waals surface area contributed by atoms with Gasteiger partial charge in [0.1, 0.15) is 11.5 Å². The molecule has 1 N–H and O–H groups in total. The van der Waals surface area contributed by atoms with Gasteiger partial charge in [0.05, 0.1) is 11.0 Å². The fourth-order valence-corrected chi connectivity index (χ4v) is 5.02. The number of benzene rings is 1. The van der Waals surface area contributed by atoms with E-state index in [1.807, 2.05) is 19.1 Å². The molecule has 134 valence electrons. The number of aliphatic hydroxyl groups is 1. The molecule has 0 spiro atoms. The normalized spacial score (nSPS) is 29.6. The van der Waals surface area contributed by atoms with Crippen LogP contribution in [-0.4, -0.2) is 16.5 Å². The van der Waals surface area contributed by atoms with Crippen molar-refractivity contribution in [3.05, 3.63) is 34.9 Å². The zero-order valence-corrected chi connectivity index (χ0v) is 17.7. The summed E-state index contributed by atoms with van der Waals surface area (Å²) in [5.74, 6) is 0.758. The van der Waals surface area contributed by atoms with Crippen LogP contribution in [0.3, 0.4) is 0 Å². The summed E-state index contributed by atoms with van der Waals surface area (Å²) in [6.45, 7) is 1.92. The number of rotatable bonds is 4. The molecule has 1 saturated carbocycles. The molecule has 0 saturated heterocycles. The van der Waals surface area contributed by atoms with E-state index in [1.165, 1.54) is 5.57 Å². The van der Waals surface area contributed by atoms with Gasteiger partial charge < -0.3 is 14.5 Å². The summed E-state index contributed by atoms with van der Waals surface area (Å²) >= 11 is 0.467. The molecular formula is C18H19NaO6S. The Labute approximate surface area is 178 Å². The number of fused-ring (bicyclic) bond motifs is 4. The van der Waals surface area contributed by atoms with Crippen molar-refractivity contribution in [3.63, 3.8) is 0 Å². The summed E-state index contributed by atoms with van der Waals surface area (Å²) in [6.07, 6.45) is 4.00. The van der Waals surface area contributed by atoms with Gasteiger partial charge in [-0.25, -0.2) is 0 Å². The molecule has 3 aliphatic rings. The standard InChI is InChI=1S/C18H20O6S.Na/c1-17-8-6-14-13-4-3-12(22-25-24-23-21)10-11(13)2-5-15(14)18(17,20)9-7-16(17)19;/h3-4,10,20-21H,2,5-9H2,1H3;/q;+1/p-1. The van der Waals surface area contributed by atoms with E-state index in [-0.39, 0.29) is 35.3 Å². The van der Waals surface area contributed by atoms with Crippen LogP contribution in [0.15, 0.2) is 23.8 Å². The zero-order chi connectivity index (χ0) is 17.7. The van der Waals surface area contributed by atoms with Gasteiger partial charge in [-0.05, 0) is 73.4 Å². The van der Waals surface area contributed by atoms with Crippen LogP contribution in [0.5, 0.6) is 5.75 Å². The zero-order valence-electron chi connectivity index (χ0n) is 14.9. The number of ketones is 1. The molecule has 1 aromatic rings. The minimum Gasteiger partial charge on any atom is -0.691 e. The fourth-order valence-electron chi connectivity index (χ4n) is 4.78. The Bertz CT molecular complexity index is 766. The summed E-state index contributed by atoms with van der Waals surface area (Å²) in [5.41, 5.74) is 2.84. The second-order valence-corrected chi connectivity index (χ2v) is 7.62. The number of carbonyl (C=O) groups excluding carboxylic acids is 1. The van der Waals surface area contributed by atoms with Crippen LogP contribution in [0.2, 0.25) is 0 Å². The van der Waals surface area contributed by atoms with Gasteiger partial charge in [0.25, 0.3) is 12.3 Å². The van der Waals surface area contributed by atoms with Crippen LogP contribution < -0.4 is 39.0 Å². The maximum absolute atomic E-state index is 12.4. The predicted octanol–water partition coefficient (Wildman–Crippen LogP) is -0.550. The van der Waals surface area contributed by atoms with E-state index < -0.39 is 11.0 Å². The molecule has 4 rings (SSSR count). The summed E-state index contributed by atoms with van der Waals surface area (Å²) in [6, 6.07) is 5.69. The van der Waals surface area contributed by atoms with Crippen molar-refractivity contribution in [1.82, 2.24) is 0 Å². The van der Waals surface area contributed by atoms with E-state index in [2.05, 4.69) is 9.37 Å². The Kier molecular flexibility index (Phi) is 5.92. The fraction of sp³-hybridized carbons (Fsp3) is 0.500. The summed E-state index contributed by atoms with van der Waals surface area (Å²) in [5, 5.41) is 24.4. The Morgan fingerprint density at radius 3 is 2.77 bits per heavy atom. The number of allylic oxidation sites excluding steroid dienone is 1. The SMILES string of the molecule is CC12CCC3=C(CCc4cc(OSOO[O-])ccc43)C1(O)CCC2=O.[Na+]. The molecule has 26 heavy (non-hydrogen) atoms. The second kappa shape index (κ2) is 7.56. The molecule has 1 fully saturated rings. The molecule has 0 amide bonds. The minimum atomic E-state index is -1.00. The number of carbonyl (C=O) groups is 1. The molecule has 0 heterocycles. The van der Waals surface area contributed by atoms with Gasteiger partial charge in [-0.2, -0.15) is 0 Å². The van der Waals surface area contributed by atoms with Gasteiger partial charge in [0.2, 0.25) is 0 Å². The van der Waals surface area contributed by atoms with Crippen molar-refractivity contribution in [2.75, 3.05) is 0 Å². The van der Waals surface area contributed by atoms with Crippen LogP contribution in [0.4, 0.5) is 0 Å². The van der Waals surface area contributed by atoms with Gasteiger partial charge in [0.15, 0.2) is 0 Å². The van der Waals surface area contributed by atoms with E-state index >= 15 is 0 Å². The van der Waals surface area contributed by atoms with Crippen molar-refractivity contribution < 1.29 is 58.3 Å². The average molecular weight is 386 g/mol. The first-order valence-electron chi connectivity index (χ1n) is 8.41. The maximum atomic E-state index is 12.4. The third-order valence-electron chi connectivity index (χ3n) is 6.21. The third-order valence-corrected chi connectivity index (χ3v) is 6.58. The maximum Gasteiger partial charge on any atom is 1.00 e. The molecule has 3 aliphatic carbocycles. The van der Waals surface area contributed by atoms with E-state index in [4.69, 9.17) is 4.18 Å². The third kappa shape index (κ3) is 2.99. The quantitative estimate of drug-likeness (QED) is 0.244. The topological polar surface area (TPSA) is 88.1 Å². The van der Waals surface area contributed by atoms with Crippen LogP contribution in [0.1, 0.15) is 50.2 Å². The number of hydrogen-bond acceptors (Lipinski definition) is 7. The predicted molar refractivity (Wildman–Crippen MR) is 88.6 cm³/mol. The van der Waals surface area contributed by atoms with Crippen LogP contribution in [0, 0.1) is 5.41 Å². The monoisotopic (exact) mass is 386 g/mol. The number of hydrogen-bond donors (Lipinski definition) is 1. The Morgan fingerprint density at radius 1 is 1.19 bits per heavy atom. The smallest absolute Gasteiger partial charge is 0.691 e. The molecule has 0 aliphatic heterocycles. The summed E-state index contributed by atoms with van der Waals surface area (Å²) < 4.78 is 9.34. The van der Waals surface area contributed by atoms with E-state index in [0.717, 1.165) is 36.0 Å². The number of Topliss-reactive ketones (excluding diaryl/α,β-unsaturated/α-hetero) is 1. The Morgan fingerprint density at radius 2 is 2.00 bits per heavy atom. The van der Waals surface area contributed by atoms with Gasteiger partial charge in [-0.1, -0.05) is 6.07 Å². The van der Waals surface area contributed by atoms with Crippen molar-refractivity contribution in [2.45, 2.75) is 51.0 Å². The van der Waals surface area contributed by atoms with E-state index in [9.17, 15) is 15.2 Å². The van der Waals surface area contributed by atoms with Crippen molar-refractivity contribution in [1.29, 1.82) is 0 Å². The number of aryl methyl sites for hydroxylation is 1. The molecule has 0 radical (unpaired) electrons. The molecular weight excluding hydrogens is 367 g/mol. The molecule has 0 aromatic heterocycles. The average Bonchev–Trinajstić information content (AvgIpc) is 2.86. The van der Waals surface area contributed by atoms with Crippen LogP contribution in [-0.2, 0) is 20.6 Å². The van der Waals surface area contributed by atoms with Gasteiger partial charge >= 0.3 is 29.6 Å². The summed E-state index contributed by atoms with van der Waals surface area (Å²) in [4.78, 5) is 12.4. The van der Waals surface area contributed by atoms with E-state index in [0.29, 0.717) is 37.3 Å². The summed E-state index contributed by atoms with van der Waals surface area (Å²) in [7, 11) is 0. The minimum absolute atomic E-state index is 0. The molecule has 2 unspecified atom stereocenters. The van der Waals surface area contributed by atoms with Crippen LogP contribution >= 0.6 is 12.3 Å². The van der Waals surface area contributed by atoms with Crippen LogP contribution in [0.25, 0.3) is 5.57 Å². The van der Waals surface area contributed by atoms with Gasteiger partial charge in [-0.3, -0.25) is 9.83 Å². The van der Waals surface area contributed by atoms with Crippen molar-refractivity contribution in [3.8, 4) is 5.75 Å². The van der Waals surface area contributed by atoms with Crippen molar-refractivity contribution >= 4 is 23.7 Å². The molecule has 6 nitrogen and oxygen atoms in total. The molecule has 0 bridgehead atoms. The van der Waals surface area contributed by atoms with Gasteiger partial charge in [0, 0.05) is 6.42 Å². The first-order chi connectivity index (χ1) is 12.0. The Balaban J connectivity index is 0.00000196. The first kappa shape index (κ1) is 20.4. The first-order valence-corrected chi connectivity index (χ1v) is 9.07. The van der Waals surface area contributed by atoms with Crippen molar-refractivity contribution in [2.24, 2.45) is 5.41 Å². The molecule has 8 heteroatoms. The van der Waals surface area contributed by atoms with E-state index in [1.54, 1.807) is 6.07 Å². The second-order valence-electron chi connectivity index (χ2n) is 7.18. The Hall–Kier alpha value is -0.380. The molecule has 1 aromatic carbocycles. The van der Waals surface area contributed by atoms with Gasteiger partial charge in [-0.15, -0.1) is 4.33 Å².